The van der Waals surface area contributed by atoms with E-state index < -0.39 is 0 Å². The van der Waals surface area contributed by atoms with E-state index in [0.29, 0.717) is 18.4 Å². The van der Waals surface area contributed by atoms with Gasteiger partial charge < -0.3 is 14.2 Å². The van der Waals surface area contributed by atoms with Crippen molar-refractivity contribution in [3.05, 3.63) is 29.3 Å². The van der Waals surface area contributed by atoms with Gasteiger partial charge in [0.1, 0.15) is 5.75 Å². The van der Waals surface area contributed by atoms with Crippen LogP contribution in [0, 0.1) is 0 Å². The summed E-state index contributed by atoms with van der Waals surface area (Å²) in [6.45, 7) is 11.1. The van der Waals surface area contributed by atoms with Crippen molar-refractivity contribution in [1.82, 2.24) is 0 Å². The molecule has 0 spiro atoms. The number of benzene rings is 1. The third-order valence-corrected chi connectivity index (χ3v) is 3.82. The molecule has 0 amide bonds. The zero-order valence-electron chi connectivity index (χ0n) is 13.7. The molecular weight excluding hydrogens is 264 g/mol. The maximum atomic E-state index is 6.13. The van der Waals surface area contributed by atoms with Gasteiger partial charge in [-0.1, -0.05) is 45.9 Å². The van der Waals surface area contributed by atoms with Crippen LogP contribution in [-0.2, 0) is 9.47 Å². The number of ether oxygens (including phenoxy) is 3. The minimum absolute atomic E-state index is 0.104. The van der Waals surface area contributed by atoms with E-state index >= 15 is 0 Å². The van der Waals surface area contributed by atoms with Gasteiger partial charge in [-0.3, -0.25) is 0 Å². The Morgan fingerprint density at radius 2 is 1.62 bits per heavy atom. The van der Waals surface area contributed by atoms with Gasteiger partial charge in [0, 0.05) is 6.42 Å². The van der Waals surface area contributed by atoms with Crippen molar-refractivity contribution in [2.75, 3.05) is 19.8 Å². The average molecular weight is 292 g/mol. The van der Waals surface area contributed by atoms with Crippen LogP contribution in [-0.4, -0.2) is 26.1 Å². The molecule has 1 aliphatic rings. The molecule has 1 aromatic rings. The van der Waals surface area contributed by atoms with E-state index in [9.17, 15) is 0 Å². The van der Waals surface area contributed by atoms with Gasteiger partial charge in [-0.15, -0.1) is 0 Å². The predicted molar refractivity (Wildman–Crippen MR) is 85.0 cm³/mol. The molecule has 118 valence electrons. The Balaban J connectivity index is 2.02. The summed E-state index contributed by atoms with van der Waals surface area (Å²) < 4.78 is 17.3. The first-order valence-electron chi connectivity index (χ1n) is 8.08. The highest BCUT2D eigenvalue weighted by atomic mass is 16.7. The maximum absolute atomic E-state index is 6.13. The molecule has 1 fully saturated rings. The lowest BCUT2D eigenvalue weighted by Crippen LogP contribution is -2.26. The average Bonchev–Trinajstić information content (AvgIpc) is 2.48. The Morgan fingerprint density at radius 1 is 1.05 bits per heavy atom. The molecule has 0 N–H and O–H groups in total. The lowest BCUT2D eigenvalue weighted by molar-refractivity contribution is -0.183. The molecule has 0 saturated carbocycles. The fraction of sp³-hybridized carbons (Fsp3) is 0.667. The summed E-state index contributed by atoms with van der Waals surface area (Å²) in [5, 5.41) is 0. The molecule has 3 heteroatoms. The fourth-order valence-electron chi connectivity index (χ4n) is 2.61. The highest BCUT2D eigenvalue weighted by molar-refractivity contribution is 5.44. The minimum Gasteiger partial charge on any atom is -0.493 e. The van der Waals surface area contributed by atoms with E-state index in [1.54, 1.807) is 0 Å². The molecule has 0 aliphatic carbocycles. The molecule has 1 aliphatic heterocycles. The first-order valence-corrected chi connectivity index (χ1v) is 8.08. The van der Waals surface area contributed by atoms with Crippen molar-refractivity contribution >= 4 is 0 Å². The van der Waals surface area contributed by atoms with Gasteiger partial charge in [-0.25, -0.2) is 0 Å². The standard InChI is InChI=1S/C18H28O3/c1-13(2)15-7-5-8-16(14(3)4)18(15)21-12-9-17-19-10-6-11-20-17/h5,7-8,13-14,17H,6,9-12H2,1-4H3. The lowest BCUT2D eigenvalue weighted by Gasteiger charge is -2.24. The van der Waals surface area contributed by atoms with Crippen LogP contribution in [0.5, 0.6) is 5.75 Å². The molecule has 0 aromatic heterocycles. The summed E-state index contributed by atoms with van der Waals surface area (Å²) in [6, 6.07) is 6.46. The Morgan fingerprint density at radius 3 is 2.14 bits per heavy atom. The molecule has 0 radical (unpaired) electrons. The van der Waals surface area contributed by atoms with E-state index in [1.165, 1.54) is 11.1 Å². The molecule has 0 unspecified atom stereocenters. The molecule has 2 rings (SSSR count). The summed E-state index contributed by atoms with van der Waals surface area (Å²) >= 11 is 0. The van der Waals surface area contributed by atoms with Crippen molar-refractivity contribution < 1.29 is 14.2 Å². The van der Waals surface area contributed by atoms with Crippen LogP contribution in [0.3, 0.4) is 0 Å². The first kappa shape index (κ1) is 16.3. The minimum atomic E-state index is -0.104. The van der Waals surface area contributed by atoms with Gasteiger partial charge in [0.25, 0.3) is 0 Å². The van der Waals surface area contributed by atoms with Crippen LogP contribution in [0.4, 0.5) is 0 Å². The summed E-state index contributed by atoms with van der Waals surface area (Å²) in [7, 11) is 0. The smallest absolute Gasteiger partial charge is 0.160 e. The molecule has 1 aromatic carbocycles. The normalized spacial score (nSPS) is 16.7. The maximum Gasteiger partial charge on any atom is 0.160 e. The van der Waals surface area contributed by atoms with Crippen molar-refractivity contribution in [1.29, 1.82) is 0 Å². The summed E-state index contributed by atoms with van der Waals surface area (Å²) in [5.41, 5.74) is 2.57. The van der Waals surface area contributed by atoms with Crippen LogP contribution in [0.15, 0.2) is 18.2 Å². The largest absolute Gasteiger partial charge is 0.493 e. The second-order valence-electron chi connectivity index (χ2n) is 6.24. The molecule has 1 saturated heterocycles. The Bertz CT molecular complexity index is 408. The second-order valence-corrected chi connectivity index (χ2v) is 6.24. The summed E-state index contributed by atoms with van der Waals surface area (Å²) in [6.07, 6.45) is 1.67. The molecule has 1 heterocycles. The molecule has 0 bridgehead atoms. The number of rotatable bonds is 6. The molecular formula is C18H28O3. The number of hydrogen-bond donors (Lipinski definition) is 0. The van der Waals surface area contributed by atoms with Crippen LogP contribution >= 0.6 is 0 Å². The topological polar surface area (TPSA) is 27.7 Å². The molecule has 0 atom stereocenters. The summed E-state index contributed by atoms with van der Waals surface area (Å²) in [4.78, 5) is 0. The summed E-state index contributed by atoms with van der Waals surface area (Å²) in [5.74, 6) is 1.97. The van der Waals surface area contributed by atoms with Gasteiger partial charge >= 0.3 is 0 Å². The number of hydrogen-bond acceptors (Lipinski definition) is 3. The van der Waals surface area contributed by atoms with E-state index in [1.807, 2.05) is 0 Å². The van der Waals surface area contributed by atoms with Crippen LogP contribution < -0.4 is 4.74 Å². The first-order chi connectivity index (χ1) is 10.1. The quantitative estimate of drug-likeness (QED) is 0.774. The third-order valence-electron chi connectivity index (χ3n) is 3.82. The Labute approximate surface area is 128 Å². The van der Waals surface area contributed by atoms with Crippen molar-refractivity contribution in [2.24, 2.45) is 0 Å². The highest BCUT2D eigenvalue weighted by Gasteiger charge is 2.17. The van der Waals surface area contributed by atoms with Crippen LogP contribution in [0.25, 0.3) is 0 Å². The highest BCUT2D eigenvalue weighted by Crippen LogP contribution is 2.34. The molecule has 3 nitrogen and oxygen atoms in total. The predicted octanol–water partition coefficient (Wildman–Crippen LogP) is 4.47. The van der Waals surface area contributed by atoms with Gasteiger partial charge in [-0.2, -0.15) is 0 Å². The van der Waals surface area contributed by atoms with E-state index in [4.69, 9.17) is 14.2 Å². The van der Waals surface area contributed by atoms with Gasteiger partial charge in [-0.05, 0) is 29.4 Å². The van der Waals surface area contributed by atoms with Crippen molar-refractivity contribution in [3.8, 4) is 5.75 Å². The van der Waals surface area contributed by atoms with Gasteiger partial charge in [0.05, 0.1) is 19.8 Å². The monoisotopic (exact) mass is 292 g/mol. The van der Waals surface area contributed by atoms with Crippen molar-refractivity contribution in [3.63, 3.8) is 0 Å². The fourth-order valence-corrected chi connectivity index (χ4v) is 2.61. The van der Waals surface area contributed by atoms with Gasteiger partial charge in [0.2, 0.25) is 0 Å². The van der Waals surface area contributed by atoms with E-state index in [2.05, 4.69) is 45.9 Å². The number of para-hydroxylation sites is 1. The zero-order chi connectivity index (χ0) is 15.2. The van der Waals surface area contributed by atoms with Crippen LogP contribution in [0.1, 0.15) is 63.5 Å². The SMILES string of the molecule is CC(C)c1cccc(C(C)C)c1OCCC1OCCCO1. The Hall–Kier alpha value is -1.06. The third kappa shape index (κ3) is 4.45. The van der Waals surface area contributed by atoms with Crippen LogP contribution in [0.2, 0.25) is 0 Å². The lowest BCUT2D eigenvalue weighted by atomic mass is 9.94. The molecule has 21 heavy (non-hydrogen) atoms. The second kappa shape index (κ2) is 7.81. The van der Waals surface area contributed by atoms with E-state index in [-0.39, 0.29) is 6.29 Å². The van der Waals surface area contributed by atoms with Crippen molar-refractivity contribution in [2.45, 2.75) is 58.7 Å². The zero-order valence-corrected chi connectivity index (χ0v) is 13.7. The van der Waals surface area contributed by atoms with Gasteiger partial charge in [0.15, 0.2) is 6.29 Å². The Kier molecular flexibility index (Phi) is 6.07. The van der Waals surface area contributed by atoms with E-state index in [0.717, 1.165) is 31.8 Å².